The zero-order valence-electron chi connectivity index (χ0n) is 9.51. The van der Waals surface area contributed by atoms with E-state index in [9.17, 15) is 4.79 Å². The number of fused-ring (bicyclic) bond motifs is 1. The first-order valence-corrected chi connectivity index (χ1v) is 6.28. The molecule has 0 bridgehead atoms. The van der Waals surface area contributed by atoms with Crippen LogP contribution in [0, 0.1) is 0 Å². The van der Waals surface area contributed by atoms with Crippen LogP contribution < -0.4 is 10.6 Å². The number of amides is 2. The molecule has 92 valence electrons. The minimum absolute atomic E-state index is 0.130. The van der Waals surface area contributed by atoms with Gasteiger partial charge in [-0.3, -0.25) is 0 Å². The Morgan fingerprint density at radius 2 is 2.29 bits per heavy atom. The molecule has 2 N–H and O–H groups in total. The Labute approximate surface area is 102 Å². The Morgan fingerprint density at radius 3 is 3.06 bits per heavy atom. The summed E-state index contributed by atoms with van der Waals surface area (Å²) in [6.07, 6.45) is 3.20. The lowest BCUT2D eigenvalue weighted by atomic mass is 10.4. The summed E-state index contributed by atoms with van der Waals surface area (Å²) in [7, 11) is 0. The van der Waals surface area contributed by atoms with Crippen molar-refractivity contribution in [3.05, 3.63) is 11.3 Å². The Morgan fingerprint density at radius 1 is 1.47 bits per heavy atom. The van der Waals surface area contributed by atoms with Crippen LogP contribution in [-0.2, 0) is 6.42 Å². The molecule has 0 saturated carbocycles. The van der Waals surface area contributed by atoms with Crippen LogP contribution in [0.4, 0.5) is 4.79 Å². The first-order valence-electron chi connectivity index (χ1n) is 5.47. The van der Waals surface area contributed by atoms with Crippen molar-refractivity contribution >= 4 is 22.3 Å². The Bertz CT molecular complexity index is 464. The number of carbonyl (C=O) groups excluding carboxylic acids is 1. The molecule has 0 atom stereocenters. The van der Waals surface area contributed by atoms with Crippen LogP contribution >= 0.6 is 11.3 Å². The molecule has 2 aromatic heterocycles. The summed E-state index contributed by atoms with van der Waals surface area (Å²) in [5, 5.41) is 18.3. The fourth-order valence-corrected chi connectivity index (χ4v) is 2.10. The summed E-state index contributed by atoms with van der Waals surface area (Å²) < 4.78 is 1.64. The van der Waals surface area contributed by atoms with Crippen LogP contribution in [0.2, 0.25) is 0 Å². The zero-order chi connectivity index (χ0) is 12.1. The molecule has 7 nitrogen and oxygen atoms in total. The minimum atomic E-state index is -0.130. The molecule has 8 heteroatoms. The van der Waals surface area contributed by atoms with Crippen molar-refractivity contribution in [2.24, 2.45) is 0 Å². The number of hydrogen-bond acceptors (Lipinski definition) is 5. The first-order chi connectivity index (χ1) is 8.29. The predicted molar refractivity (Wildman–Crippen MR) is 64.1 cm³/mol. The smallest absolute Gasteiger partial charge is 0.314 e. The maximum Gasteiger partial charge on any atom is 0.314 e. The number of hydrogen-bond donors (Lipinski definition) is 2. The molecule has 0 radical (unpaired) electrons. The average molecular weight is 254 g/mol. The molecule has 0 spiro atoms. The second-order valence-corrected chi connectivity index (χ2v) is 4.53. The molecule has 17 heavy (non-hydrogen) atoms. The van der Waals surface area contributed by atoms with Crippen molar-refractivity contribution in [3.63, 3.8) is 0 Å². The molecule has 0 fully saturated rings. The van der Waals surface area contributed by atoms with Gasteiger partial charge < -0.3 is 10.6 Å². The number of rotatable bonds is 5. The lowest BCUT2D eigenvalue weighted by molar-refractivity contribution is 0.241. The van der Waals surface area contributed by atoms with E-state index in [2.05, 4.69) is 25.9 Å². The van der Waals surface area contributed by atoms with Crippen LogP contribution in [0.5, 0.6) is 0 Å². The summed E-state index contributed by atoms with van der Waals surface area (Å²) in [6, 6.07) is -0.130. The van der Waals surface area contributed by atoms with Gasteiger partial charge in [-0.1, -0.05) is 18.3 Å². The van der Waals surface area contributed by atoms with Crippen LogP contribution in [0.15, 0.2) is 6.33 Å². The highest BCUT2D eigenvalue weighted by atomic mass is 32.1. The van der Waals surface area contributed by atoms with Gasteiger partial charge in [-0.05, 0) is 6.42 Å². The Kier molecular flexibility index (Phi) is 3.86. The maximum atomic E-state index is 11.2. The highest BCUT2D eigenvalue weighted by molar-refractivity contribution is 7.16. The minimum Gasteiger partial charge on any atom is -0.338 e. The van der Waals surface area contributed by atoms with Gasteiger partial charge in [0.1, 0.15) is 11.3 Å². The van der Waals surface area contributed by atoms with Gasteiger partial charge in [0.25, 0.3) is 0 Å². The Hall–Kier alpha value is -1.70. The van der Waals surface area contributed by atoms with Gasteiger partial charge in [0.2, 0.25) is 4.96 Å². The monoisotopic (exact) mass is 254 g/mol. The fourth-order valence-electron chi connectivity index (χ4n) is 1.29. The van der Waals surface area contributed by atoms with E-state index in [0.29, 0.717) is 19.5 Å². The van der Waals surface area contributed by atoms with Gasteiger partial charge in [-0.25, -0.2) is 4.79 Å². The Balaban J connectivity index is 1.75. The number of urea groups is 1. The van der Waals surface area contributed by atoms with E-state index >= 15 is 0 Å². The van der Waals surface area contributed by atoms with E-state index in [-0.39, 0.29) is 6.03 Å². The normalized spacial score (nSPS) is 10.6. The molecule has 0 aromatic carbocycles. The molecule has 2 aromatic rings. The van der Waals surface area contributed by atoms with Crippen LogP contribution in [0.25, 0.3) is 4.96 Å². The summed E-state index contributed by atoms with van der Waals surface area (Å²) in [6.45, 7) is 3.28. The van der Waals surface area contributed by atoms with E-state index < -0.39 is 0 Å². The van der Waals surface area contributed by atoms with Crippen molar-refractivity contribution in [1.29, 1.82) is 0 Å². The van der Waals surface area contributed by atoms with Gasteiger partial charge in [0.15, 0.2) is 0 Å². The van der Waals surface area contributed by atoms with Gasteiger partial charge in [0.05, 0.1) is 0 Å². The predicted octanol–water partition coefficient (Wildman–Crippen LogP) is 0.437. The van der Waals surface area contributed by atoms with Crippen molar-refractivity contribution in [2.75, 3.05) is 13.1 Å². The van der Waals surface area contributed by atoms with Crippen molar-refractivity contribution < 1.29 is 4.79 Å². The lowest BCUT2D eigenvalue weighted by Crippen LogP contribution is -2.36. The third-order valence-electron chi connectivity index (χ3n) is 2.09. The molecular weight excluding hydrogens is 240 g/mol. The highest BCUT2D eigenvalue weighted by Crippen LogP contribution is 2.11. The molecule has 2 rings (SSSR count). The van der Waals surface area contributed by atoms with Crippen LogP contribution in [0.3, 0.4) is 0 Å². The van der Waals surface area contributed by atoms with Crippen LogP contribution in [0.1, 0.15) is 18.4 Å². The zero-order valence-corrected chi connectivity index (χ0v) is 10.3. The molecular formula is C9H14N6OS. The van der Waals surface area contributed by atoms with E-state index in [1.807, 2.05) is 6.92 Å². The summed E-state index contributed by atoms with van der Waals surface area (Å²) in [5.41, 5.74) is 0. The second kappa shape index (κ2) is 5.58. The quantitative estimate of drug-likeness (QED) is 0.810. The molecule has 0 aliphatic carbocycles. The molecule has 0 aliphatic heterocycles. The van der Waals surface area contributed by atoms with Gasteiger partial charge in [0, 0.05) is 19.5 Å². The van der Waals surface area contributed by atoms with Crippen LogP contribution in [-0.4, -0.2) is 38.9 Å². The molecule has 0 saturated heterocycles. The van der Waals surface area contributed by atoms with Gasteiger partial charge in [-0.2, -0.15) is 9.61 Å². The summed E-state index contributed by atoms with van der Waals surface area (Å²) >= 11 is 1.48. The number of aromatic nitrogens is 4. The molecule has 2 heterocycles. The molecule has 0 unspecified atom stereocenters. The number of nitrogens with zero attached hydrogens (tertiary/aromatic N) is 4. The topological polar surface area (TPSA) is 84.2 Å². The second-order valence-electron chi connectivity index (χ2n) is 3.49. The van der Waals surface area contributed by atoms with E-state index in [1.165, 1.54) is 11.3 Å². The summed E-state index contributed by atoms with van der Waals surface area (Å²) in [4.78, 5) is 12.0. The third kappa shape index (κ3) is 3.13. The van der Waals surface area contributed by atoms with Crippen molar-refractivity contribution in [2.45, 2.75) is 19.8 Å². The van der Waals surface area contributed by atoms with Crippen molar-refractivity contribution in [3.8, 4) is 0 Å². The SMILES string of the molecule is CCCNC(=O)NCCc1nn2cnnc2s1. The standard InChI is InChI=1S/C9H14N6OS/c1-2-4-10-8(16)11-5-3-7-14-15-6-12-13-9(15)17-7/h6H,2-5H2,1H3,(H2,10,11,16). The van der Waals surface area contributed by atoms with Gasteiger partial charge in [-0.15, -0.1) is 10.2 Å². The molecule has 0 aliphatic rings. The highest BCUT2D eigenvalue weighted by Gasteiger charge is 2.05. The van der Waals surface area contributed by atoms with E-state index in [4.69, 9.17) is 0 Å². The average Bonchev–Trinajstić information content (AvgIpc) is 2.86. The van der Waals surface area contributed by atoms with E-state index in [1.54, 1.807) is 10.8 Å². The number of carbonyl (C=O) groups is 1. The largest absolute Gasteiger partial charge is 0.338 e. The van der Waals surface area contributed by atoms with Gasteiger partial charge >= 0.3 is 6.03 Å². The number of nitrogens with one attached hydrogen (secondary N) is 2. The lowest BCUT2D eigenvalue weighted by Gasteiger charge is -2.04. The first kappa shape index (κ1) is 11.8. The van der Waals surface area contributed by atoms with E-state index in [0.717, 1.165) is 16.4 Å². The molecule has 2 amide bonds. The third-order valence-corrected chi connectivity index (χ3v) is 3.06. The maximum absolute atomic E-state index is 11.2. The fraction of sp³-hybridized carbons (Fsp3) is 0.556. The van der Waals surface area contributed by atoms with Crippen molar-refractivity contribution in [1.82, 2.24) is 30.4 Å². The summed E-state index contributed by atoms with van der Waals surface area (Å²) in [5.74, 6) is 0.